The zero-order valence-corrected chi connectivity index (χ0v) is 12.8. The molecule has 1 aromatic rings. The molecule has 3 unspecified atom stereocenters. The van der Waals surface area contributed by atoms with E-state index in [4.69, 9.17) is 4.74 Å². The molecule has 0 spiro atoms. The SMILES string of the molecule is CCNC(C)c1cccc(F)c1N1CC(C)OC(C)C1. The van der Waals surface area contributed by atoms with Crippen LogP contribution in [-0.2, 0) is 4.74 Å². The Morgan fingerprint density at radius 3 is 2.60 bits per heavy atom. The van der Waals surface area contributed by atoms with Gasteiger partial charge in [0.05, 0.1) is 17.9 Å². The number of morpholine rings is 1. The van der Waals surface area contributed by atoms with Crippen LogP contribution >= 0.6 is 0 Å². The molecule has 0 aromatic heterocycles. The molecule has 3 atom stereocenters. The molecule has 112 valence electrons. The Bertz CT molecular complexity index is 442. The number of hydrogen-bond acceptors (Lipinski definition) is 3. The second-order valence-corrected chi connectivity index (χ2v) is 5.62. The quantitative estimate of drug-likeness (QED) is 0.917. The van der Waals surface area contributed by atoms with Gasteiger partial charge in [0.1, 0.15) is 5.82 Å². The van der Waals surface area contributed by atoms with Gasteiger partial charge in [-0.15, -0.1) is 0 Å². The first-order valence-electron chi connectivity index (χ1n) is 7.45. The molecule has 20 heavy (non-hydrogen) atoms. The van der Waals surface area contributed by atoms with Crippen molar-refractivity contribution < 1.29 is 9.13 Å². The number of halogens is 1. The van der Waals surface area contributed by atoms with Crippen molar-refractivity contribution in [3.8, 4) is 0 Å². The van der Waals surface area contributed by atoms with Crippen molar-refractivity contribution in [3.63, 3.8) is 0 Å². The molecule has 0 bridgehead atoms. The van der Waals surface area contributed by atoms with Crippen LogP contribution in [0.5, 0.6) is 0 Å². The van der Waals surface area contributed by atoms with E-state index in [1.807, 2.05) is 19.9 Å². The van der Waals surface area contributed by atoms with Crippen molar-refractivity contribution in [2.24, 2.45) is 0 Å². The number of hydrogen-bond donors (Lipinski definition) is 1. The molecular weight excluding hydrogens is 255 g/mol. The average Bonchev–Trinajstić information content (AvgIpc) is 2.37. The summed E-state index contributed by atoms with van der Waals surface area (Å²) in [7, 11) is 0. The zero-order chi connectivity index (χ0) is 14.7. The number of para-hydroxylation sites is 1. The highest BCUT2D eigenvalue weighted by Crippen LogP contribution is 2.31. The van der Waals surface area contributed by atoms with Crippen LogP contribution < -0.4 is 10.2 Å². The van der Waals surface area contributed by atoms with Crippen LogP contribution in [0.4, 0.5) is 10.1 Å². The highest BCUT2D eigenvalue weighted by atomic mass is 19.1. The maximum atomic E-state index is 14.4. The second kappa shape index (κ2) is 6.55. The predicted molar refractivity (Wildman–Crippen MR) is 80.7 cm³/mol. The van der Waals surface area contributed by atoms with E-state index in [1.165, 1.54) is 0 Å². The molecule has 0 aliphatic carbocycles. The fourth-order valence-electron chi connectivity index (χ4n) is 2.99. The van der Waals surface area contributed by atoms with E-state index >= 15 is 0 Å². The summed E-state index contributed by atoms with van der Waals surface area (Å²) in [6, 6.07) is 5.48. The van der Waals surface area contributed by atoms with E-state index in [1.54, 1.807) is 12.1 Å². The van der Waals surface area contributed by atoms with Crippen LogP contribution in [0.25, 0.3) is 0 Å². The van der Waals surface area contributed by atoms with Crippen molar-refractivity contribution in [2.75, 3.05) is 24.5 Å². The summed E-state index contributed by atoms with van der Waals surface area (Å²) < 4.78 is 20.1. The van der Waals surface area contributed by atoms with Gasteiger partial charge < -0.3 is 15.0 Å². The van der Waals surface area contributed by atoms with Crippen LogP contribution in [0, 0.1) is 5.82 Å². The molecule has 1 fully saturated rings. The summed E-state index contributed by atoms with van der Waals surface area (Å²) in [4.78, 5) is 2.12. The minimum absolute atomic E-state index is 0.126. The standard InChI is InChI=1S/C16H25FN2O/c1-5-18-13(4)14-7-6-8-15(17)16(14)19-9-11(2)20-12(3)10-19/h6-8,11-13,18H,5,9-10H2,1-4H3. The van der Waals surface area contributed by atoms with Gasteiger partial charge in [-0.1, -0.05) is 19.1 Å². The van der Waals surface area contributed by atoms with Gasteiger partial charge in [-0.3, -0.25) is 0 Å². The molecule has 1 aliphatic heterocycles. The van der Waals surface area contributed by atoms with Gasteiger partial charge in [-0.05, 0) is 38.9 Å². The second-order valence-electron chi connectivity index (χ2n) is 5.62. The third-order valence-corrected chi connectivity index (χ3v) is 3.73. The molecule has 0 saturated carbocycles. The average molecular weight is 280 g/mol. The minimum atomic E-state index is -0.145. The van der Waals surface area contributed by atoms with Crippen LogP contribution in [0.1, 0.15) is 39.3 Å². The Kier molecular flexibility index (Phi) is 5.00. The largest absolute Gasteiger partial charge is 0.372 e. The molecule has 1 N–H and O–H groups in total. The molecule has 4 heteroatoms. The number of ether oxygens (including phenoxy) is 1. The van der Waals surface area contributed by atoms with Gasteiger partial charge >= 0.3 is 0 Å². The normalized spacial score (nSPS) is 24.8. The van der Waals surface area contributed by atoms with Crippen LogP contribution in [0.2, 0.25) is 0 Å². The first-order valence-corrected chi connectivity index (χ1v) is 7.45. The van der Waals surface area contributed by atoms with Gasteiger partial charge in [0.2, 0.25) is 0 Å². The Morgan fingerprint density at radius 2 is 2.00 bits per heavy atom. The van der Waals surface area contributed by atoms with Gasteiger partial charge in [0.25, 0.3) is 0 Å². The number of anilines is 1. The zero-order valence-electron chi connectivity index (χ0n) is 12.8. The molecule has 0 radical (unpaired) electrons. The van der Waals surface area contributed by atoms with E-state index in [-0.39, 0.29) is 24.1 Å². The third kappa shape index (κ3) is 3.30. The molecule has 3 nitrogen and oxygen atoms in total. The molecule has 0 amide bonds. The third-order valence-electron chi connectivity index (χ3n) is 3.73. The monoisotopic (exact) mass is 280 g/mol. The van der Waals surface area contributed by atoms with Gasteiger partial charge in [-0.2, -0.15) is 0 Å². The lowest BCUT2D eigenvalue weighted by molar-refractivity contribution is -0.00546. The van der Waals surface area contributed by atoms with Gasteiger partial charge in [-0.25, -0.2) is 4.39 Å². The van der Waals surface area contributed by atoms with E-state index in [0.717, 1.165) is 30.9 Å². The maximum Gasteiger partial charge on any atom is 0.146 e. The molecule has 1 aliphatic rings. The number of nitrogens with one attached hydrogen (secondary N) is 1. The Labute approximate surface area is 121 Å². The molecule has 1 aromatic carbocycles. The van der Waals surface area contributed by atoms with Crippen molar-refractivity contribution in [2.45, 2.75) is 45.9 Å². The summed E-state index contributed by atoms with van der Waals surface area (Å²) in [6.45, 7) is 10.6. The van der Waals surface area contributed by atoms with Crippen molar-refractivity contribution in [1.82, 2.24) is 5.32 Å². The van der Waals surface area contributed by atoms with E-state index in [9.17, 15) is 4.39 Å². The van der Waals surface area contributed by atoms with Gasteiger partial charge in [0, 0.05) is 19.1 Å². The lowest BCUT2D eigenvalue weighted by atomic mass is 10.0. The number of benzene rings is 1. The topological polar surface area (TPSA) is 24.5 Å². The fourth-order valence-corrected chi connectivity index (χ4v) is 2.99. The van der Waals surface area contributed by atoms with Crippen LogP contribution in [-0.4, -0.2) is 31.8 Å². The van der Waals surface area contributed by atoms with Crippen molar-refractivity contribution in [1.29, 1.82) is 0 Å². The molecule has 2 rings (SSSR count). The predicted octanol–water partition coefficient (Wildman–Crippen LogP) is 3.11. The van der Waals surface area contributed by atoms with Crippen LogP contribution in [0.15, 0.2) is 18.2 Å². The van der Waals surface area contributed by atoms with Crippen LogP contribution in [0.3, 0.4) is 0 Å². The Balaban J connectivity index is 2.34. The van der Waals surface area contributed by atoms with E-state index < -0.39 is 0 Å². The first-order chi connectivity index (χ1) is 9.52. The highest BCUT2D eigenvalue weighted by Gasteiger charge is 2.27. The summed E-state index contributed by atoms with van der Waals surface area (Å²) in [5.74, 6) is -0.145. The summed E-state index contributed by atoms with van der Waals surface area (Å²) in [6.07, 6.45) is 0.251. The maximum absolute atomic E-state index is 14.4. The first kappa shape index (κ1) is 15.3. The smallest absolute Gasteiger partial charge is 0.146 e. The number of nitrogens with zero attached hydrogens (tertiary/aromatic N) is 1. The minimum Gasteiger partial charge on any atom is -0.372 e. The Morgan fingerprint density at radius 1 is 1.35 bits per heavy atom. The highest BCUT2D eigenvalue weighted by molar-refractivity contribution is 5.56. The lowest BCUT2D eigenvalue weighted by Crippen LogP contribution is -2.46. The lowest BCUT2D eigenvalue weighted by Gasteiger charge is -2.38. The fraction of sp³-hybridized carbons (Fsp3) is 0.625. The molecular formula is C16H25FN2O. The number of rotatable bonds is 4. The van der Waals surface area contributed by atoms with Crippen molar-refractivity contribution >= 4 is 5.69 Å². The summed E-state index contributed by atoms with van der Waals surface area (Å²) in [5.41, 5.74) is 1.75. The van der Waals surface area contributed by atoms with E-state index in [2.05, 4.69) is 24.1 Å². The van der Waals surface area contributed by atoms with Gasteiger partial charge in [0.15, 0.2) is 0 Å². The van der Waals surface area contributed by atoms with E-state index in [0.29, 0.717) is 0 Å². The molecule has 1 saturated heterocycles. The van der Waals surface area contributed by atoms with Crippen molar-refractivity contribution in [3.05, 3.63) is 29.6 Å². The Hall–Kier alpha value is -1.13. The summed E-state index contributed by atoms with van der Waals surface area (Å²) >= 11 is 0. The molecule has 1 heterocycles. The summed E-state index contributed by atoms with van der Waals surface area (Å²) in [5, 5.41) is 3.37.